The minimum Gasteiger partial charge on any atom is -0.389 e. The average Bonchev–Trinajstić information content (AvgIpc) is 2.63. The van der Waals surface area contributed by atoms with Gasteiger partial charge in [-0.2, -0.15) is 0 Å². The van der Waals surface area contributed by atoms with Gasteiger partial charge in [-0.25, -0.2) is 0 Å². The van der Waals surface area contributed by atoms with Crippen molar-refractivity contribution < 1.29 is 9.84 Å². The molecule has 1 aromatic carbocycles. The van der Waals surface area contributed by atoms with Crippen molar-refractivity contribution in [2.75, 3.05) is 33.4 Å². The van der Waals surface area contributed by atoms with Gasteiger partial charge in [0.25, 0.3) is 0 Å². The summed E-state index contributed by atoms with van der Waals surface area (Å²) < 4.78 is 5.02. The highest BCUT2D eigenvalue weighted by molar-refractivity contribution is 5.35. The summed E-state index contributed by atoms with van der Waals surface area (Å²) in [5.41, 5.74) is 4.56. The number of hydrogen-bond acceptors (Lipinski definition) is 4. The maximum absolute atomic E-state index is 9.88. The van der Waals surface area contributed by atoms with Crippen molar-refractivity contribution in [2.24, 2.45) is 0 Å². The molecule has 1 aromatic rings. The topological polar surface area (TPSA) is 44.7 Å². The number of β-amino-alcohol motifs (C(OH)–C–C–N with tert-alkyl or cyclic N) is 1. The number of nitrogens with one attached hydrogen (secondary N) is 1. The lowest BCUT2D eigenvalue weighted by Crippen LogP contribution is -2.46. The first-order chi connectivity index (χ1) is 12.2. The second kappa shape index (κ2) is 9.13. The zero-order valence-corrected chi connectivity index (χ0v) is 15.8. The molecule has 0 amide bonds. The predicted octanol–water partition coefficient (Wildman–Crippen LogP) is 2.69. The van der Waals surface area contributed by atoms with Crippen LogP contribution in [-0.2, 0) is 17.6 Å². The SMILES string of the molecule is COCC(O)CN1CCC(NC(C)c2ccc3c(c2)CCCC3)CC1. The Morgan fingerprint density at radius 1 is 1.20 bits per heavy atom. The highest BCUT2D eigenvalue weighted by Crippen LogP contribution is 2.25. The Morgan fingerprint density at radius 2 is 1.92 bits per heavy atom. The minimum absolute atomic E-state index is 0.371. The Morgan fingerprint density at radius 3 is 2.64 bits per heavy atom. The van der Waals surface area contributed by atoms with Crippen molar-refractivity contribution >= 4 is 0 Å². The molecule has 1 saturated heterocycles. The normalized spacial score (nSPS) is 21.7. The fraction of sp³-hybridized carbons (Fsp3) is 0.714. The van der Waals surface area contributed by atoms with E-state index in [0.717, 1.165) is 32.5 Å². The molecule has 2 N–H and O–H groups in total. The maximum atomic E-state index is 9.88. The summed E-state index contributed by atoms with van der Waals surface area (Å²) in [6, 6.07) is 8.08. The van der Waals surface area contributed by atoms with Gasteiger partial charge in [-0.15, -0.1) is 0 Å². The van der Waals surface area contributed by atoms with Gasteiger partial charge in [-0.05, 0) is 75.2 Å². The third-order valence-electron chi connectivity index (χ3n) is 5.77. The number of methoxy groups -OCH3 is 1. The number of fused-ring (bicyclic) bond motifs is 1. The molecule has 1 heterocycles. The van der Waals surface area contributed by atoms with Crippen LogP contribution < -0.4 is 5.32 Å². The molecule has 0 radical (unpaired) electrons. The van der Waals surface area contributed by atoms with Crippen LogP contribution >= 0.6 is 0 Å². The summed E-state index contributed by atoms with van der Waals surface area (Å²) >= 11 is 0. The number of aliphatic hydroxyl groups is 1. The molecule has 2 aliphatic rings. The van der Waals surface area contributed by atoms with Crippen LogP contribution in [0.3, 0.4) is 0 Å². The molecule has 3 rings (SSSR count). The number of aryl methyl sites for hydroxylation is 2. The summed E-state index contributed by atoms with van der Waals surface area (Å²) in [7, 11) is 1.64. The van der Waals surface area contributed by atoms with Gasteiger partial charge in [0.05, 0.1) is 12.7 Å². The number of benzene rings is 1. The van der Waals surface area contributed by atoms with Gasteiger partial charge >= 0.3 is 0 Å². The van der Waals surface area contributed by atoms with E-state index in [1.54, 1.807) is 18.2 Å². The fourth-order valence-corrected chi connectivity index (χ4v) is 4.30. The van der Waals surface area contributed by atoms with Crippen LogP contribution in [0, 0.1) is 0 Å². The van der Waals surface area contributed by atoms with Crippen LogP contribution in [-0.4, -0.2) is 55.5 Å². The molecule has 2 unspecified atom stereocenters. The minimum atomic E-state index is -0.371. The van der Waals surface area contributed by atoms with Gasteiger partial charge in [-0.3, -0.25) is 0 Å². The van der Waals surface area contributed by atoms with Gasteiger partial charge < -0.3 is 20.1 Å². The molecule has 0 aromatic heterocycles. The van der Waals surface area contributed by atoms with Gasteiger partial charge in [0.15, 0.2) is 0 Å². The molecule has 0 saturated carbocycles. The molecule has 1 fully saturated rings. The van der Waals surface area contributed by atoms with Crippen molar-refractivity contribution in [1.82, 2.24) is 10.2 Å². The molecule has 0 bridgehead atoms. The number of likely N-dealkylation sites (tertiary alicyclic amines) is 1. The van der Waals surface area contributed by atoms with Gasteiger partial charge in [0, 0.05) is 25.7 Å². The van der Waals surface area contributed by atoms with Gasteiger partial charge in [0.1, 0.15) is 0 Å². The first-order valence-electron chi connectivity index (χ1n) is 9.93. The molecule has 1 aliphatic carbocycles. The molecular weight excluding hydrogens is 312 g/mol. The Balaban J connectivity index is 1.47. The van der Waals surface area contributed by atoms with E-state index in [2.05, 4.69) is 35.3 Å². The predicted molar refractivity (Wildman–Crippen MR) is 102 cm³/mol. The summed E-state index contributed by atoms with van der Waals surface area (Å²) in [5.74, 6) is 0. The van der Waals surface area contributed by atoms with Gasteiger partial charge in [0.2, 0.25) is 0 Å². The second-order valence-electron chi connectivity index (χ2n) is 7.81. The van der Waals surface area contributed by atoms with Crippen molar-refractivity contribution in [3.05, 3.63) is 34.9 Å². The van der Waals surface area contributed by atoms with Crippen molar-refractivity contribution in [2.45, 2.75) is 63.6 Å². The monoisotopic (exact) mass is 346 g/mol. The van der Waals surface area contributed by atoms with Crippen LogP contribution in [0.5, 0.6) is 0 Å². The number of ether oxygens (including phenoxy) is 1. The Labute approximate surface area is 152 Å². The second-order valence-corrected chi connectivity index (χ2v) is 7.81. The summed E-state index contributed by atoms with van der Waals surface area (Å²) in [4.78, 5) is 2.35. The van der Waals surface area contributed by atoms with Crippen LogP contribution in [0.15, 0.2) is 18.2 Å². The molecule has 140 valence electrons. The number of nitrogens with zero attached hydrogens (tertiary/aromatic N) is 1. The van der Waals surface area contributed by atoms with E-state index < -0.39 is 0 Å². The number of piperidine rings is 1. The van der Waals surface area contributed by atoms with Crippen molar-refractivity contribution in [3.8, 4) is 0 Å². The highest BCUT2D eigenvalue weighted by Gasteiger charge is 2.22. The van der Waals surface area contributed by atoms with Crippen molar-refractivity contribution in [1.29, 1.82) is 0 Å². The van der Waals surface area contributed by atoms with E-state index in [0.29, 0.717) is 18.7 Å². The van der Waals surface area contributed by atoms with E-state index in [1.807, 2.05) is 0 Å². The molecular formula is C21H34N2O2. The van der Waals surface area contributed by atoms with Gasteiger partial charge in [-0.1, -0.05) is 18.2 Å². The summed E-state index contributed by atoms with van der Waals surface area (Å²) in [6.45, 7) is 5.54. The van der Waals surface area contributed by atoms with Crippen LogP contribution in [0.4, 0.5) is 0 Å². The lowest BCUT2D eigenvalue weighted by atomic mass is 9.89. The Kier molecular flexibility index (Phi) is 6.88. The van der Waals surface area contributed by atoms with Crippen molar-refractivity contribution in [3.63, 3.8) is 0 Å². The molecule has 0 spiro atoms. The average molecular weight is 347 g/mol. The fourth-order valence-electron chi connectivity index (χ4n) is 4.30. The van der Waals surface area contributed by atoms with E-state index in [1.165, 1.54) is 31.2 Å². The zero-order valence-electron chi connectivity index (χ0n) is 15.8. The molecule has 2 atom stereocenters. The van der Waals surface area contributed by atoms with E-state index in [-0.39, 0.29) is 6.10 Å². The third-order valence-corrected chi connectivity index (χ3v) is 5.77. The molecule has 4 heteroatoms. The van der Waals surface area contributed by atoms with E-state index in [9.17, 15) is 5.11 Å². The Hall–Kier alpha value is -0.940. The molecule has 25 heavy (non-hydrogen) atoms. The maximum Gasteiger partial charge on any atom is 0.0900 e. The van der Waals surface area contributed by atoms with E-state index >= 15 is 0 Å². The summed E-state index contributed by atoms with van der Waals surface area (Å²) in [6.07, 6.45) is 7.11. The zero-order chi connectivity index (χ0) is 17.6. The first kappa shape index (κ1) is 18.8. The number of aliphatic hydroxyl groups excluding tert-OH is 1. The molecule has 4 nitrogen and oxygen atoms in total. The lowest BCUT2D eigenvalue weighted by molar-refractivity contribution is 0.0308. The number of rotatable bonds is 7. The first-order valence-corrected chi connectivity index (χ1v) is 9.93. The van der Waals surface area contributed by atoms with Crippen LogP contribution in [0.1, 0.15) is 55.3 Å². The van der Waals surface area contributed by atoms with Crippen LogP contribution in [0.25, 0.3) is 0 Å². The highest BCUT2D eigenvalue weighted by atomic mass is 16.5. The third kappa shape index (κ3) is 5.27. The Bertz CT molecular complexity index is 541. The summed E-state index contributed by atoms with van der Waals surface area (Å²) in [5, 5.41) is 13.7. The largest absolute Gasteiger partial charge is 0.389 e. The van der Waals surface area contributed by atoms with Crippen LogP contribution in [0.2, 0.25) is 0 Å². The standard InChI is InChI=1S/C21H34N2O2/c1-16(18-8-7-17-5-3-4-6-19(17)13-18)22-20-9-11-23(12-10-20)14-21(24)15-25-2/h7-8,13,16,20-22,24H,3-6,9-12,14-15H2,1-2H3. The molecule has 1 aliphatic heterocycles. The van der Waals surface area contributed by atoms with E-state index in [4.69, 9.17) is 4.74 Å². The number of hydrogen-bond donors (Lipinski definition) is 2. The quantitative estimate of drug-likeness (QED) is 0.797. The lowest BCUT2D eigenvalue weighted by Gasteiger charge is -2.35. The smallest absolute Gasteiger partial charge is 0.0900 e.